The van der Waals surface area contributed by atoms with E-state index in [1.165, 1.54) is 9.96 Å². The summed E-state index contributed by atoms with van der Waals surface area (Å²) in [5.41, 5.74) is 9.08. The minimum absolute atomic E-state index is 0. The van der Waals surface area contributed by atoms with Gasteiger partial charge in [0.2, 0.25) is 0 Å². The minimum atomic E-state index is -2.15. The number of aryl methyl sites for hydroxylation is 1. The van der Waals surface area contributed by atoms with Gasteiger partial charge in [-0.1, -0.05) is 92.4 Å². The molecule has 6 heteroatoms. The molecule has 0 aliphatic heterocycles. The zero-order chi connectivity index (χ0) is 43.4. The van der Waals surface area contributed by atoms with Crippen LogP contribution < -0.4 is 4.40 Å². The van der Waals surface area contributed by atoms with Crippen molar-refractivity contribution in [3.63, 3.8) is 0 Å². The Hall–Kier alpha value is -4.65. The molecule has 0 aliphatic rings. The van der Waals surface area contributed by atoms with Gasteiger partial charge in [0.05, 0.1) is 16.9 Å². The van der Waals surface area contributed by atoms with Gasteiger partial charge in [-0.3, -0.25) is 4.98 Å². The normalized spacial score (nSPS) is 13.5. The summed E-state index contributed by atoms with van der Waals surface area (Å²) in [6, 6.07) is 46.7. The topological polar surface area (TPSA) is 30.7 Å². The van der Waals surface area contributed by atoms with E-state index in [0.29, 0.717) is 16.8 Å². The van der Waals surface area contributed by atoms with Gasteiger partial charge in [0, 0.05) is 40.2 Å². The molecule has 0 aliphatic carbocycles. The first-order valence-electron chi connectivity index (χ1n) is 21.4. The fourth-order valence-electron chi connectivity index (χ4n) is 6.81. The van der Waals surface area contributed by atoms with Crippen LogP contribution in [0.5, 0.6) is 0 Å². The van der Waals surface area contributed by atoms with Crippen molar-refractivity contribution in [2.24, 2.45) is 0 Å². The molecule has 9 rings (SSSR count). The van der Waals surface area contributed by atoms with Crippen LogP contribution in [0.25, 0.3) is 70.7 Å². The van der Waals surface area contributed by atoms with Crippen LogP contribution in [0, 0.1) is 19.0 Å². The molecule has 0 unspecified atom stereocenters. The first kappa shape index (κ1) is 32.4. The van der Waals surface area contributed by atoms with Crippen LogP contribution in [0.15, 0.2) is 146 Å². The Morgan fingerprint density at radius 3 is 2.34 bits per heavy atom. The standard InChI is InChI=1S/C36H29N2S.C14H16GeN.Ir/c1-23-17-19-26-27-13-10-14-28(34(27)39-33(26)21-23)35-37-30-15-8-9-16-32(30)38(35)31-20-18-25(36(2,3)4)22-29(31)24-11-6-5-7-12-24;1-15(2,3)13-9-10-14(16-11-13)12-7-5-4-6-8-12;/h5-13,15-22H,1-4H3;4-7,9-11H,1-3H3;/q2*-1;/i1D3;4D,5D,6D;. The van der Waals surface area contributed by atoms with E-state index in [1.807, 2.05) is 36.5 Å². The number of nitrogens with zero attached hydrogens (tertiary/aromatic N) is 3. The average Bonchev–Trinajstić information content (AvgIpc) is 3.80. The molecule has 281 valence electrons. The number of aromatic nitrogens is 3. The van der Waals surface area contributed by atoms with Crippen molar-refractivity contribution in [1.82, 2.24) is 14.5 Å². The molecule has 6 aromatic carbocycles. The maximum atomic E-state index is 7.91. The zero-order valence-corrected chi connectivity index (χ0v) is 37.5. The number of pyridine rings is 1. The van der Waals surface area contributed by atoms with E-state index in [2.05, 4.69) is 133 Å². The Bertz CT molecular complexity index is 3050. The SMILES string of the molecule is [2H]C([2H])([2H])c1ccc2c(c1)sc1c(-c3nc4ccccc4n3-c3ccc(C(C)(C)C)cc3-c3ccccc3)[c-]ccc12.[2H]c1[c-]c(-c2cc[c]([Ge]([CH3])([CH3])[CH3])cn2)cc([2H])c1[2H].[Ir]. The van der Waals surface area contributed by atoms with Crippen molar-refractivity contribution in [1.29, 1.82) is 0 Å². The number of para-hydroxylation sites is 2. The zero-order valence-electron chi connectivity index (χ0n) is 38.2. The van der Waals surface area contributed by atoms with Crippen molar-refractivity contribution in [3.8, 4) is 39.5 Å². The third-order valence-electron chi connectivity index (χ3n) is 9.86. The Kier molecular flexibility index (Phi) is 9.31. The Labute approximate surface area is 359 Å². The second-order valence-electron chi connectivity index (χ2n) is 15.8. The average molecular weight is 991 g/mol. The number of hydrogen-bond acceptors (Lipinski definition) is 3. The van der Waals surface area contributed by atoms with E-state index in [4.69, 9.17) is 13.2 Å². The van der Waals surface area contributed by atoms with Gasteiger partial charge in [0.1, 0.15) is 0 Å². The second kappa shape index (κ2) is 16.1. The molecule has 3 nitrogen and oxygen atoms in total. The van der Waals surface area contributed by atoms with E-state index in [9.17, 15) is 0 Å². The molecule has 0 atom stereocenters. The maximum Gasteiger partial charge on any atom is 0 e. The number of fused-ring (bicyclic) bond motifs is 4. The van der Waals surface area contributed by atoms with Crippen molar-refractivity contribution in [3.05, 3.63) is 169 Å². The first-order chi connectivity index (χ1) is 28.9. The number of rotatable bonds is 5. The second-order valence-corrected chi connectivity index (χ2v) is 27.5. The van der Waals surface area contributed by atoms with Gasteiger partial charge in [-0.2, -0.15) is 11.3 Å². The molecular formula is C50H45GeIrN3S-2. The molecule has 0 bridgehead atoms. The summed E-state index contributed by atoms with van der Waals surface area (Å²) in [5.74, 6) is 7.73. The minimum Gasteiger partial charge on any atom is 0 e. The Balaban J connectivity index is 0.000000244. The van der Waals surface area contributed by atoms with E-state index >= 15 is 0 Å². The summed E-state index contributed by atoms with van der Waals surface area (Å²) in [6.45, 7) is 4.57. The monoisotopic (exact) mass is 992 g/mol. The van der Waals surface area contributed by atoms with Crippen LogP contribution in [0.2, 0.25) is 17.3 Å². The molecule has 0 N–H and O–H groups in total. The summed E-state index contributed by atoms with van der Waals surface area (Å²) in [4.78, 5) is 9.61. The number of imidazole rings is 1. The number of benzene rings is 6. The molecule has 0 fully saturated rings. The molecule has 9 aromatic rings. The summed E-state index contributed by atoms with van der Waals surface area (Å²) in [7, 11) is 0. The first-order valence-corrected chi connectivity index (χ1v) is 26.6. The van der Waals surface area contributed by atoms with Crippen LogP contribution in [-0.2, 0) is 25.5 Å². The van der Waals surface area contributed by atoms with Crippen molar-refractivity contribution < 1.29 is 28.3 Å². The summed E-state index contributed by atoms with van der Waals surface area (Å²) < 4.78 is 52.0. The number of thiophene rings is 1. The van der Waals surface area contributed by atoms with Crippen molar-refractivity contribution >= 4 is 60.2 Å². The van der Waals surface area contributed by atoms with Gasteiger partial charge in [-0.25, -0.2) is 0 Å². The van der Waals surface area contributed by atoms with Crippen LogP contribution in [0.3, 0.4) is 0 Å². The van der Waals surface area contributed by atoms with Gasteiger partial charge in [0.15, 0.2) is 0 Å². The molecule has 1 radical (unpaired) electrons. The van der Waals surface area contributed by atoms with Crippen molar-refractivity contribution in [2.75, 3.05) is 0 Å². The molecule has 3 aromatic heterocycles. The van der Waals surface area contributed by atoms with Gasteiger partial charge in [-0.15, -0.1) is 18.2 Å². The predicted molar refractivity (Wildman–Crippen MR) is 239 cm³/mol. The fraction of sp³-hybridized carbons (Fsp3) is 0.160. The molecule has 0 saturated heterocycles. The molecule has 56 heavy (non-hydrogen) atoms. The van der Waals surface area contributed by atoms with Crippen LogP contribution in [0.4, 0.5) is 0 Å². The summed E-state index contributed by atoms with van der Waals surface area (Å²) in [6.07, 6.45) is 1.89. The summed E-state index contributed by atoms with van der Waals surface area (Å²) in [5, 5.41) is 2.12. The largest absolute Gasteiger partial charge is 0 e. The Morgan fingerprint density at radius 2 is 1.61 bits per heavy atom. The Morgan fingerprint density at radius 1 is 0.804 bits per heavy atom. The van der Waals surface area contributed by atoms with E-state index < -0.39 is 20.1 Å². The maximum absolute atomic E-state index is 7.91. The van der Waals surface area contributed by atoms with E-state index in [-0.39, 0.29) is 43.6 Å². The van der Waals surface area contributed by atoms with Crippen LogP contribution in [-0.4, -0.2) is 27.8 Å². The van der Waals surface area contributed by atoms with Gasteiger partial charge in [-0.05, 0) is 69.4 Å². The third kappa shape index (κ3) is 7.97. The van der Waals surface area contributed by atoms with E-state index in [0.717, 1.165) is 59.4 Å². The molecule has 0 saturated carbocycles. The van der Waals surface area contributed by atoms with Crippen molar-refractivity contribution in [2.45, 2.75) is 50.3 Å². The van der Waals surface area contributed by atoms with Gasteiger partial charge in [0.25, 0.3) is 0 Å². The summed E-state index contributed by atoms with van der Waals surface area (Å²) >= 11 is -0.258. The molecule has 0 spiro atoms. The quantitative estimate of drug-likeness (QED) is 0.127. The number of hydrogen-bond donors (Lipinski definition) is 0. The molecular weight excluding hydrogens is 939 g/mol. The molecule has 3 heterocycles. The van der Waals surface area contributed by atoms with E-state index in [1.54, 1.807) is 29.5 Å². The molecule has 0 amide bonds. The van der Waals surface area contributed by atoms with Crippen LogP contribution in [0.1, 0.15) is 40.1 Å². The third-order valence-corrected chi connectivity index (χ3v) is 15.3. The smallest absolute Gasteiger partial charge is 0 e. The van der Waals surface area contributed by atoms with Crippen LogP contribution >= 0.6 is 11.3 Å². The fourth-order valence-corrected chi connectivity index (χ4v) is 10.2. The van der Waals surface area contributed by atoms with Gasteiger partial charge < -0.3 is 4.57 Å². The predicted octanol–water partition coefficient (Wildman–Crippen LogP) is 13.2. The van der Waals surface area contributed by atoms with Gasteiger partial charge >= 0.3 is 104 Å².